The summed E-state index contributed by atoms with van der Waals surface area (Å²) in [6.07, 6.45) is -11.7. The van der Waals surface area contributed by atoms with Crippen LogP contribution in [-0.2, 0) is 120 Å². The molecule has 2 heterocycles. The quantitative estimate of drug-likeness (QED) is 0.0651. The maximum Gasteiger partial charge on any atom is 0.339 e. The Morgan fingerprint density at radius 1 is 0.479 bits per heavy atom. The number of allylic oxidation sites excluding steroid dienone is 2. The second-order valence-corrected chi connectivity index (χ2v) is 28.8. The summed E-state index contributed by atoms with van der Waals surface area (Å²) in [4.78, 5) is 125. The van der Waals surface area contributed by atoms with Crippen LogP contribution in [0.25, 0.3) is 0 Å². The molecule has 0 radical (unpaired) electrons. The van der Waals surface area contributed by atoms with E-state index in [1.54, 1.807) is 60.7 Å². The summed E-state index contributed by atoms with van der Waals surface area (Å²) in [5.41, 5.74) is -0.0319. The van der Waals surface area contributed by atoms with Gasteiger partial charge in [-0.2, -0.15) is 0 Å². The molecular formula is C73H90O21. The molecule has 4 saturated carbocycles. The van der Waals surface area contributed by atoms with Gasteiger partial charge in [0, 0.05) is 40.5 Å². The number of hydrogen-bond acceptors (Lipinski definition) is 21. The van der Waals surface area contributed by atoms with Crippen LogP contribution in [0.3, 0.4) is 0 Å². The summed E-state index contributed by atoms with van der Waals surface area (Å²) in [5.74, 6) is -7.79. The summed E-state index contributed by atoms with van der Waals surface area (Å²) in [6.45, 7) is 20.2. The Kier molecular flexibility index (Phi) is 20.3. The van der Waals surface area contributed by atoms with E-state index < -0.39 is 142 Å². The van der Waals surface area contributed by atoms with Gasteiger partial charge in [-0.1, -0.05) is 138 Å². The molecule has 0 amide bonds. The molecule has 7 aliphatic rings. The highest BCUT2D eigenvalue weighted by molar-refractivity contribution is 5.96. The zero-order chi connectivity index (χ0) is 67.9. The van der Waals surface area contributed by atoms with Crippen LogP contribution in [0.1, 0.15) is 158 Å². The third-order valence-corrected chi connectivity index (χ3v) is 22.2. The van der Waals surface area contributed by atoms with E-state index in [0.717, 1.165) is 65.0 Å². The van der Waals surface area contributed by atoms with Gasteiger partial charge in [0.25, 0.3) is 0 Å². The minimum Gasteiger partial charge on any atom is -0.460 e. The first-order valence-corrected chi connectivity index (χ1v) is 32.8. The van der Waals surface area contributed by atoms with Crippen molar-refractivity contribution >= 4 is 53.5 Å². The molecule has 3 aromatic carbocycles. The molecule has 508 valence electrons. The lowest BCUT2D eigenvalue weighted by Gasteiger charge is -2.70. The maximum absolute atomic E-state index is 15.7. The molecule has 14 unspecified atom stereocenters. The average molecular weight is 1300 g/mol. The molecule has 5 aliphatic carbocycles. The highest BCUT2D eigenvalue weighted by atomic mass is 16.8. The van der Waals surface area contributed by atoms with Crippen molar-refractivity contribution < 1.29 is 100.0 Å². The molecule has 0 spiro atoms. The molecule has 2 saturated heterocycles. The lowest BCUT2D eigenvalue weighted by atomic mass is 9.33. The smallest absolute Gasteiger partial charge is 0.339 e. The van der Waals surface area contributed by atoms with E-state index in [1.165, 1.54) is 0 Å². The van der Waals surface area contributed by atoms with Crippen LogP contribution in [0.2, 0.25) is 0 Å². The number of rotatable bonds is 18. The Morgan fingerprint density at radius 3 is 1.40 bits per heavy atom. The highest BCUT2D eigenvalue weighted by Crippen LogP contribution is 2.75. The minimum atomic E-state index is -2.06. The van der Waals surface area contributed by atoms with Gasteiger partial charge in [0.15, 0.2) is 60.9 Å². The van der Waals surface area contributed by atoms with Gasteiger partial charge in [0.2, 0.25) is 6.29 Å². The Bertz CT molecular complexity index is 3370. The first kappa shape index (κ1) is 69.5. The predicted octanol–water partition coefficient (Wildman–Crippen LogP) is 10.1. The number of carbonyl (C=O) groups excluding carboxylic acids is 9. The SMILES string of the molecule is CC(=O)OC1C(OC2C(OC3CC[C@@]4(C)C(CC[C@]5(C)C4C(=O)C=C4C6C[C@@](C)(C(=O)OCc7ccccc7)CC[C@]6(C)CC[C@]45C)C3(C)C)OC(C(=O)OCc3ccccc3)C(OC(C)=O)C2OC(C)=O)OC(C(=O)OCc2ccccc2)C(OC(C)=O)C1OC(C)=O. The summed E-state index contributed by atoms with van der Waals surface area (Å²) in [5, 5.41) is 0. The van der Waals surface area contributed by atoms with Crippen LogP contribution < -0.4 is 0 Å². The standard InChI is InChI=1S/C73H90O21/c1-41(74)86-54-56(88-43(3)76)60(90-45(5)78)66(93-59(54)64(81)84-39-47-24-18-14-19-25-47)94-61-57(89-44(4)77)55(87-42(2)75)58(63(80)83-38-46-22-16-13-17-23-46)92-65(61)91-53-29-30-71(10)52(68(53,6)7)28-31-73(12)62(71)51(79)36-49-50-37-70(9,33-32-69(50,8)34-35-72(49,73)11)67(82)85-40-48-26-20-15-21-27-48/h13-27,36,50,52-62,65-66H,28-35,37-40H2,1-12H3/t50?,52?,53?,54?,55?,56?,57?,58?,59?,60?,61?,62?,65?,66?,69-,70+,71+,72-,73-/m1/s1. The summed E-state index contributed by atoms with van der Waals surface area (Å²) >= 11 is 0. The molecule has 0 N–H and O–H groups in total. The maximum atomic E-state index is 15.7. The second kappa shape index (κ2) is 27.4. The van der Waals surface area contributed by atoms with Gasteiger partial charge in [0.05, 0.1) is 11.5 Å². The molecule has 0 aromatic heterocycles. The molecule has 94 heavy (non-hydrogen) atoms. The van der Waals surface area contributed by atoms with Gasteiger partial charge >= 0.3 is 47.8 Å². The Labute approximate surface area is 549 Å². The number of benzene rings is 3. The summed E-state index contributed by atoms with van der Waals surface area (Å²) in [7, 11) is 0. The van der Waals surface area contributed by atoms with E-state index in [1.807, 2.05) is 43.3 Å². The van der Waals surface area contributed by atoms with Gasteiger partial charge in [-0.15, -0.1) is 0 Å². The zero-order valence-corrected chi connectivity index (χ0v) is 55.9. The van der Waals surface area contributed by atoms with Crippen molar-refractivity contribution in [1.29, 1.82) is 0 Å². The van der Waals surface area contributed by atoms with E-state index in [0.29, 0.717) is 49.7 Å². The van der Waals surface area contributed by atoms with E-state index >= 15 is 4.79 Å². The van der Waals surface area contributed by atoms with Crippen molar-refractivity contribution in [2.75, 3.05) is 0 Å². The Morgan fingerprint density at radius 2 is 0.915 bits per heavy atom. The topological polar surface area (TPSA) is 264 Å². The molecule has 3 aromatic rings. The van der Waals surface area contributed by atoms with Gasteiger partial charge in [-0.25, -0.2) is 9.59 Å². The van der Waals surface area contributed by atoms with E-state index in [9.17, 15) is 38.4 Å². The molecule has 0 bridgehead atoms. The first-order valence-electron chi connectivity index (χ1n) is 32.8. The van der Waals surface area contributed by atoms with E-state index in [2.05, 4.69) is 41.5 Å². The van der Waals surface area contributed by atoms with Crippen molar-refractivity contribution in [3.05, 3.63) is 119 Å². The normalized spacial score (nSPS) is 36.3. The van der Waals surface area contributed by atoms with Gasteiger partial charge in [-0.3, -0.25) is 33.6 Å². The number of ketones is 1. The van der Waals surface area contributed by atoms with Crippen LogP contribution in [-0.4, -0.2) is 121 Å². The van der Waals surface area contributed by atoms with Crippen LogP contribution in [0, 0.1) is 50.2 Å². The fourth-order valence-corrected chi connectivity index (χ4v) is 17.4. The lowest BCUT2D eigenvalue weighted by Crippen LogP contribution is -2.69. The third kappa shape index (κ3) is 13.7. The van der Waals surface area contributed by atoms with E-state index in [-0.39, 0.29) is 48.8 Å². The zero-order valence-electron chi connectivity index (χ0n) is 55.9. The fraction of sp³-hybridized carbons (Fsp3) is 0.603. The van der Waals surface area contributed by atoms with Crippen molar-refractivity contribution in [2.45, 2.75) is 228 Å². The number of carbonyl (C=O) groups is 9. The minimum absolute atomic E-state index is 0.0334. The monoisotopic (exact) mass is 1300 g/mol. The molecule has 21 heteroatoms. The average Bonchev–Trinajstić information content (AvgIpc) is 0.673. The highest BCUT2D eigenvalue weighted by Gasteiger charge is 2.71. The molecular weight excluding hydrogens is 1210 g/mol. The molecule has 21 nitrogen and oxygen atoms in total. The largest absolute Gasteiger partial charge is 0.460 e. The summed E-state index contributed by atoms with van der Waals surface area (Å²) < 4.78 is 74.0. The Hall–Kier alpha value is -7.33. The summed E-state index contributed by atoms with van der Waals surface area (Å²) in [6, 6.07) is 27.0. The third-order valence-electron chi connectivity index (χ3n) is 22.2. The van der Waals surface area contributed by atoms with Crippen LogP contribution in [0.5, 0.6) is 0 Å². The van der Waals surface area contributed by atoms with E-state index in [4.69, 9.17) is 56.8 Å². The molecule has 19 atom stereocenters. The predicted molar refractivity (Wildman–Crippen MR) is 333 cm³/mol. The molecule has 10 rings (SSSR count). The number of esters is 8. The van der Waals surface area contributed by atoms with Gasteiger partial charge in [-0.05, 0) is 126 Å². The van der Waals surface area contributed by atoms with Crippen molar-refractivity contribution in [2.24, 2.45) is 50.2 Å². The van der Waals surface area contributed by atoms with Gasteiger partial charge < -0.3 is 56.8 Å². The van der Waals surface area contributed by atoms with Gasteiger partial charge in [0.1, 0.15) is 19.8 Å². The van der Waals surface area contributed by atoms with Crippen molar-refractivity contribution in [1.82, 2.24) is 0 Å². The molecule has 2 aliphatic heterocycles. The van der Waals surface area contributed by atoms with Crippen LogP contribution in [0.4, 0.5) is 0 Å². The first-order chi connectivity index (χ1) is 44.4. The van der Waals surface area contributed by atoms with Crippen LogP contribution in [0.15, 0.2) is 103 Å². The number of hydrogen-bond donors (Lipinski definition) is 0. The molecule has 6 fully saturated rings. The number of fused-ring (bicyclic) bond motifs is 7. The van der Waals surface area contributed by atoms with Crippen molar-refractivity contribution in [3.63, 3.8) is 0 Å². The van der Waals surface area contributed by atoms with Crippen molar-refractivity contribution in [3.8, 4) is 0 Å². The lowest BCUT2D eigenvalue weighted by molar-refractivity contribution is -0.372. The Balaban J connectivity index is 1.00. The number of ether oxygens (including phenoxy) is 12. The second-order valence-electron chi connectivity index (χ2n) is 28.8. The van der Waals surface area contributed by atoms with Crippen LogP contribution >= 0.6 is 0 Å². The fourth-order valence-electron chi connectivity index (χ4n) is 17.4.